The van der Waals surface area contributed by atoms with Crippen molar-refractivity contribution in [1.29, 1.82) is 0 Å². The van der Waals surface area contributed by atoms with Crippen LogP contribution in [0.3, 0.4) is 0 Å². The molecular weight excluding hydrogens is 256 g/mol. The quantitative estimate of drug-likeness (QED) is 0.376. The summed E-state index contributed by atoms with van der Waals surface area (Å²) in [4.78, 5) is 0. The molecular formula is C19H44N2. The Kier molecular flexibility index (Phi) is 27.5. The summed E-state index contributed by atoms with van der Waals surface area (Å²) < 4.78 is 0. The third kappa shape index (κ3) is 28.7. The molecule has 0 saturated heterocycles. The Morgan fingerprint density at radius 1 is 0.381 bits per heavy atom. The Balaban J connectivity index is 0. The van der Waals surface area contributed by atoms with Gasteiger partial charge in [-0.2, -0.15) is 0 Å². The minimum atomic E-state index is 0.819. The third-order valence-electron chi connectivity index (χ3n) is 3.85. The maximum absolute atomic E-state index is 5.47. The predicted molar refractivity (Wildman–Crippen MR) is 98.7 cm³/mol. The molecule has 2 nitrogen and oxygen atoms in total. The van der Waals surface area contributed by atoms with Crippen LogP contribution in [0.25, 0.3) is 0 Å². The molecule has 0 rings (SSSR count). The minimum absolute atomic E-state index is 0.819. The summed E-state index contributed by atoms with van der Waals surface area (Å²) in [6, 6.07) is 0. The van der Waals surface area contributed by atoms with Gasteiger partial charge in [-0.25, -0.2) is 0 Å². The molecule has 0 fully saturated rings. The van der Waals surface area contributed by atoms with E-state index in [-0.39, 0.29) is 0 Å². The fraction of sp³-hybridized carbons (Fsp3) is 1.00. The molecule has 0 aromatic rings. The van der Waals surface area contributed by atoms with Gasteiger partial charge in [0, 0.05) is 0 Å². The summed E-state index contributed by atoms with van der Waals surface area (Å²) in [5, 5.41) is 0. The van der Waals surface area contributed by atoms with Crippen LogP contribution in [-0.2, 0) is 0 Å². The van der Waals surface area contributed by atoms with E-state index in [1.807, 2.05) is 0 Å². The highest BCUT2D eigenvalue weighted by atomic mass is 14.5. The molecule has 21 heavy (non-hydrogen) atoms. The standard InChI is InChI=1S/C16H35N.C3H9N/c1-2-3-4-5-6-7-8-9-10-11-12-13-14-15-16-17;1-2-3-4/h2-17H2,1H3;2-4H2,1H3. The molecule has 0 radical (unpaired) electrons. The van der Waals surface area contributed by atoms with Crippen LogP contribution in [-0.4, -0.2) is 13.1 Å². The van der Waals surface area contributed by atoms with Gasteiger partial charge in [0.05, 0.1) is 0 Å². The molecule has 4 N–H and O–H groups in total. The van der Waals surface area contributed by atoms with E-state index in [0.717, 1.165) is 19.5 Å². The number of hydrogen-bond donors (Lipinski definition) is 2. The van der Waals surface area contributed by atoms with Crippen LogP contribution in [0.2, 0.25) is 0 Å². The lowest BCUT2D eigenvalue weighted by atomic mass is 10.0. The smallest absolute Gasteiger partial charge is 0.00773 e. The van der Waals surface area contributed by atoms with Gasteiger partial charge in [0.2, 0.25) is 0 Å². The zero-order valence-electron chi connectivity index (χ0n) is 15.2. The first-order chi connectivity index (χ1) is 10.3. The first-order valence-electron chi connectivity index (χ1n) is 9.73. The van der Waals surface area contributed by atoms with Crippen molar-refractivity contribution in [2.45, 2.75) is 110 Å². The number of hydrogen-bond acceptors (Lipinski definition) is 2. The van der Waals surface area contributed by atoms with E-state index < -0.39 is 0 Å². The predicted octanol–water partition coefficient (Wildman–Crippen LogP) is 5.78. The van der Waals surface area contributed by atoms with Gasteiger partial charge in [0.15, 0.2) is 0 Å². The summed E-state index contributed by atoms with van der Waals surface area (Å²) in [5.74, 6) is 0. The first kappa shape index (κ1) is 23.2. The summed E-state index contributed by atoms with van der Waals surface area (Å²) in [6.45, 7) is 6.03. The van der Waals surface area contributed by atoms with Crippen molar-refractivity contribution in [3.05, 3.63) is 0 Å². The van der Waals surface area contributed by atoms with Crippen molar-refractivity contribution in [3.8, 4) is 0 Å². The Morgan fingerprint density at radius 2 is 0.667 bits per heavy atom. The molecule has 0 saturated carbocycles. The Hall–Kier alpha value is -0.0800. The highest BCUT2D eigenvalue weighted by Crippen LogP contribution is 2.12. The maximum Gasteiger partial charge on any atom is -0.00773 e. The van der Waals surface area contributed by atoms with Crippen LogP contribution in [0.15, 0.2) is 0 Å². The second-order valence-electron chi connectivity index (χ2n) is 6.17. The Morgan fingerprint density at radius 3 is 0.905 bits per heavy atom. The molecule has 0 heterocycles. The molecule has 0 aromatic carbocycles. The van der Waals surface area contributed by atoms with E-state index >= 15 is 0 Å². The molecule has 0 aliphatic rings. The van der Waals surface area contributed by atoms with Crippen molar-refractivity contribution in [1.82, 2.24) is 0 Å². The molecule has 0 atom stereocenters. The third-order valence-corrected chi connectivity index (χ3v) is 3.85. The van der Waals surface area contributed by atoms with Crippen LogP contribution in [0, 0.1) is 0 Å². The van der Waals surface area contributed by atoms with Crippen LogP contribution in [0.5, 0.6) is 0 Å². The van der Waals surface area contributed by atoms with Crippen molar-refractivity contribution in [2.24, 2.45) is 11.5 Å². The van der Waals surface area contributed by atoms with Gasteiger partial charge in [-0.1, -0.05) is 97.3 Å². The zero-order chi connectivity index (χ0) is 16.0. The lowest BCUT2D eigenvalue weighted by Gasteiger charge is -2.02. The normalized spacial score (nSPS) is 10.3. The molecule has 0 aromatic heterocycles. The van der Waals surface area contributed by atoms with Crippen LogP contribution in [0.1, 0.15) is 110 Å². The summed E-state index contributed by atoms with van der Waals surface area (Å²) in [7, 11) is 0. The lowest BCUT2D eigenvalue weighted by Crippen LogP contribution is -1.97. The van der Waals surface area contributed by atoms with Crippen molar-refractivity contribution in [2.75, 3.05) is 13.1 Å². The van der Waals surface area contributed by atoms with Gasteiger partial charge in [0.25, 0.3) is 0 Å². The average molecular weight is 301 g/mol. The van der Waals surface area contributed by atoms with E-state index in [4.69, 9.17) is 11.5 Å². The molecule has 0 aliphatic carbocycles. The molecule has 0 spiro atoms. The summed E-state index contributed by atoms with van der Waals surface area (Å²) >= 11 is 0. The zero-order valence-corrected chi connectivity index (χ0v) is 15.2. The van der Waals surface area contributed by atoms with Gasteiger partial charge in [-0.15, -0.1) is 0 Å². The van der Waals surface area contributed by atoms with Crippen LogP contribution in [0.4, 0.5) is 0 Å². The monoisotopic (exact) mass is 300 g/mol. The highest BCUT2D eigenvalue weighted by molar-refractivity contribution is 4.49. The Labute approximate surface area is 135 Å². The highest BCUT2D eigenvalue weighted by Gasteiger charge is 1.93. The van der Waals surface area contributed by atoms with Gasteiger partial charge in [-0.05, 0) is 25.9 Å². The van der Waals surface area contributed by atoms with Crippen molar-refractivity contribution < 1.29 is 0 Å². The number of nitrogens with two attached hydrogens (primary N) is 2. The first-order valence-corrected chi connectivity index (χ1v) is 9.73. The molecule has 0 unspecified atom stereocenters. The van der Waals surface area contributed by atoms with Crippen LogP contribution < -0.4 is 11.5 Å². The molecule has 130 valence electrons. The number of rotatable bonds is 15. The number of unbranched alkanes of at least 4 members (excludes halogenated alkanes) is 13. The van der Waals surface area contributed by atoms with E-state index in [1.54, 1.807) is 0 Å². The molecule has 0 amide bonds. The second-order valence-corrected chi connectivity index (χ2v) is 6.17. The lowest BCUT2D eigenvalue weighted by molar-refractivity contribution is 0.536. The second kappa shape index (κ2) is 24.9. The van der Waals surface area contributed by atoms with Crippen molar-refractivity contribution >= 4 is 0 Å². The molecule has 0 aliphatic heterocycles. The van der Waals surface area contributed by atoms with Gasteiger partial charge >= 0.3 is 0 Å². The van der Waals surface area contributed by atoms with Crippen molar-refractivity contribution in [3.63, 3.8) is 0 Å². The fourth-order valence-corrected chi connectivity index (χ4v) is 2.34. The molecule has 2 heteroatoms. The van der Waals surface area contributed by atoms with Gasteiger partial charge in [-0.3, -0.25) is 0 Å². The topological polar surface area (TPSA) is 52.0 Å². The van der Waals surface area contributed by atoms with E-state index in [0.29, 0.717) is 0 Å². The van der Waals surface area contributed by atoms with Gasteiger partial charge < -0.3 is 11.5 Å². The van der Waals surface area contributed by atoms with E-state index in [1.165, 1.54) is 89.9 Å². The maximum atomic E-state index is 5.47. The van der Waals surface area contributed by atoms with Gasteiger partial charge in [0.1, 0.15) is 0 Å². The largest absolute Gasteiger partial charge is 0.330 e. The minimum Gasteiger partial charge on any atom is -0.330 e. The van der Waals surface area contributed by atoms with Crippen LogP contribution >= 0.6 is 0 Å². The summed E-state index contributed by atoms with van der Waals surface area (Å²) in [6.07, 6.45) is 21.0. The Bertz CT molecular complexity index is 133. The fourth-order valence-electron chi connectivity index (χ4n) is 2.34. The summed E-state index contributed by atoms with van der Waals surface area (Å²) in [5.41, 5.74) is 10.5. The van der Waals surface area contributed by atoms with E-state index in [9.17, 15) is 0 Å². The average Bonchev–Trinajstić information content (AvgIpc) is 2.52. The SMILES string of the molecule is CCCCCCCCCCCCCCCCN.CCCN. The van der Waals surface area contributed by atoms with E-state index in [2.05, 4.69) is 13.8 Å². The molecule has 0 bridgehead atoms.